The first-order chi connectivity index (χ1) is 21.4. The van der Waals surface area contributed by atoms with Gasteiger partial charge in [0.1, 0.15) is 10.2 Å². The minimum absolute atomic E-state index is 0.0860. The maximum Gasteiger partial charge on any atom is 0.322 e. The minimum atomic E-state index is -5.08. The van der Waals surface area contributed by atoms with E-state index in [1.54, 1.807) is 0 Å². The van der Waals surface area contributed by atoms with Crippen LogP contribution in [0, 0.1) is 18.7 Å². The quantitative estimate of drug-likeness (QED) is 0.365. The maximum absolute atomic E-state index is 13.3. The third-order valence-electron chi connectivity index (χ3n) is 3.73. The lowest BCUT2D eigenvalue weighted by Crippen LogP contribution is -2.41. The van der Waals surface area contributed by atoms with Crippen LogP contribution in [-0.2, 0) is 21.2 Å². The standard InChI is InChI=1S/C24H20N2O4S2/c1-16-6-8-17(9-7-16)10-11-19-12-13-23(31-19)32(29,30)26-22(24(27)28)14-18-15-25-21-5-3-2-4-20(18)21/h2-9,12-13,15,22,25-26H,14H2,1H3,(H,27,28)/t22-/m1/s1/i1D3,2D,3D,4D,5D,6D,7D,8D,9D,14D2,15D,22D. The van der Waals surface area contributed by atoms with Crippen molar-refractivity contribution in [2.24, 2.45) is 0 Å². The number of aromatic amines is 1. The number of fused-ring (bicyclic) bond motifs is 1. The van der Waals surface area contributed by atoms with Crippen molar-refractivity contribution in [2.75, 3.05) is 0 Å². The van der Waals surface area contributed by atoms with Gasteiger partial charge in [0.25, 0.3) is 10.0 Å². The van der Waals surface area contributed by atoms with Crippen LogP contribution in [-0.4, -0.2) is 30.5 Å². The summed E-state index contributed by atoms with van der Waals surface area (Å²) in [4.78, 5) is 14.5. The number of sulfonamides is 1. The molecule has 0 aliphatic heterocycles. The van der Waals surface area contributed by atoms with E-state index in [9.17, 15) is 18.3 Å². The van der Waals surface area contributed by atoms with Crippen LogP contribution in [0.25, 0.3) is 10.9 Å². The van der Waals surface area contributed by atoms with Gasteiger partial charge in [-0.05, 0) is 42.7 Å². The lowest BCUT2D eigenvalue weighted by molar-refractivity contribution is -0.138. The molecule has 2 aromatic carbocycles. The molecule has 0 radical (unpaired) electrons. The Morgan fingerprint density at radius 3 is 2.81 bits per heavy atom. The second-order valence-corrected chi connectivity index (χ2v) is 8.90. The number of carboxylic acid groups (broad SMARTS) is 1. The average molecular weight is 480 g/mol. The van der Waals surface area contributed by atoms with E-state index >= 15 is 0 Å². The molecule has 0 bridgehead atoms. The van der Waals surface area contributed by atoms with Crippen molar-refractivity contribution >= 4 is 38.2 Å². The Bertz CT molecular complexity index is 2140. The van der Waals surface area contributed by atoms with Gasteiger partial charge in [-0.2, -0.15) is 4.72 Å². The van der Waals surface area contributed by atoms with Crippen LogP contribution in [0.15, 0.2) is 70.9 Å². The number of aliphatic carboxylic acids is 1. The number of carbonyl (C=O) groups is 1. The highest BCUT2D eigenvalue weighted by atomic mass is 32.2. The summed E-state index contributed by atoms with van der Waals surface area (Å²) in [5, 5.41) is 9.29. The van der Waals surface area contributed by atoms with Gasteiger partial charge >= 0.3 is 5.97 Å². The molecule has 4 aromatic rings. The van der Waals surface area contributed by atoms with Gasteiger partial charge < -0.3 is 10.1 Å². The fourth-order valence-corrected chi connectivity index (χ4v) is 4.52. The molecule has 0 aliphatic rings. The first-order valence-corrected chi connectivity index (χ1v) is 10.8. The number of benzene rings is 2. The van der Waals surface area contributed by atoms with E-state index in [2.05, 4.69) is 16.8 Å². The van der Waals surface area contributed by atoms with Crippen molar-refractivity contribution in [1.29, 1.82) is 0 Å². The molecule has 1 atom stereocenters. The van der Waals surface area contributed by atoms with Crippen LogP contribution in [0.3, 0.4) is 0 Å². The molecule has 8 heteroatoms. The highest BCUT2D eigenvalue weighted by molar-refractivity contribution is 7.91. The molecule has 0 saturated heterocycles. The third-order valence-corrected chi connectivity index (χ3v) is 6.57. The molecule has 0 spiro atoms. The molecule has 162 valence electrons. The number of rotatable bonds is 6. The molecule has 2 aromatic heterocycles. The van der Waals surface area contributed by atoms with Crippen LogP contribution in [0.1, 0.15) is 42.1 Å². The van der Waals surface area contributed by atoms with Crippen LogP contribution < -0.4 is 4.72 Å². The lowest BCUT2D eigenvalue weighted by Gasteiger charge is -2.13. The molecule has 4 rings (SSSR count). The number of nitrogens with one attached hydrogen (secondary N) is 2. The number of para-hydroxylation sites is 1. The Hall–Kier alpha value is -3.38. The van der Waals surface area contributed by atoms with E-state index in [-0.39, 0.29) is 4.88 Å². The van der Waals surface area contributed by atoms with Gasteiger partial charge in [0.2, 0.25) is 0 Å². The summed E-state index contributed by atoms with van der Waals surface area (Å²) >= 11 is 0.388. The van der Waals surface area contributed by atoms with Crippen LogP contribution in [0.5, 0.6) is 0 Å². The van der Waals surface area contributed by atoms with E-state index in [1.807, 2.05) is 0 Å². The van der Waals surface area contributed by atoms with Crippen molar-refractivity contribution in [3.05, 3.63) is 88.2 Å². The Morgan fingerprint density at radius 1 is 1.28 bits per heavy atom. The second-order valence-electron chi connectivity index (χ2n) is 5.90. The van der Waals surface area contributed by atoms with Gasteiger partial charge in [0, 0.05) is 35.9 Å². The summed E-state index contributed by atoms with van der Waals surface area (Å²) in [6.07, 6.45) is -4.57. The van der Waals surface area contributed by atoms with Gasteiger partial charge in [-0.15, -0.1) is 11.3 Å². The van der Waals surface area contributed by atoms with Crippen molar-refractivity contribution < 1.29 is 38.9 Å². The van der Waals surface area contributed by atoms with E-state index < -0.39 is 122 Å². The van der Waals surface area contributed by atoms with Crippen LogP contribution in [0.4, 0.5) is 0 Å². The van der Waals surface area contributed by atoms with Crippen molar-refractivity contribution in [2.45, 2.75) is 23.5 Å². The molecule has 3 N–H and O–H groups in total. The van der Waals surface area contributed by atoms with Crippen LogP contribution >= 0.6 is 11.3 Å². The predicted molar refractivity (Wildman–Crippen MR) is 125 cm³/mol. The summed E-state index contributed by atoms with van der Waals surface area (Å²) in [5.41, 5.74) is -2.78. The molecule has 32 heavy (non-hydrogen) atoms. The largest absolute Gasteiger partial charge is 0.480 e. The maximum atomic E-state index is 13.3. The van der Waals surface area contributed by atoms with Gasteiger partial charge in [0.05, 0.1) is 18.6 Å². The van der Waals surface area contributed by atoms with E-state index in [0.29, 0.717) is 11.3 Å². The minimum Gasteiger partial charge on any atom is -0.480 e. The third kappa shape index (κ3) is 4.92. The molecule has 0 aliphatic carbocycles. The highest BCUT2D eigenvalue weighted by Gasteiger charge is 2.27. The smallest absolute Gasteiger partial charge is 0.322 e. The summed E-state index contributed by atoms with van der Waals surface area (Å²) in [6.45, 7) is -2.95. The Labute approximate surface area is 211 Å². The molecular formula is C24H20N2O4S2. The molecular weight excluding hydrogens is 444 g/mol. The Balaban J connectivity index is 1.77. The van der Waals surface area contributed by atoms with Gasteiger partial charge in [-0.1, -0.05) is 47.6 Å². The fraction of sp³-hybridized carbons (Fsp3) is 0.125. The number of H-pyrrole nitrogens is 1. The Kier molecular flexibility index (Phi) is 2.83. The van der Waals surface area contributed by atoms with Gasteiger partial charge in [-0.3, -0.25) is 4.79 Å². The number of thiophene rings is 1. The van der Waals surface area contributed by atoms with Crippen molar-refractivity contribution in [3.63, 3.8) is 0 Å². The zero-order valence-electron chi connectivity index (χ0n) is 30.6. The van der Waals surface area contributed by atoms with E-state index in [1.165, 1.54) is 4.72 Å². The molecule has 0 fully saturated rings. The number of hydrogen-bond donors (Lipinski definition) is 3. The summed E-state index contributed by atoms with van der Waals surface area (Å²) < 4.78 is 148. The van der Waals surface area contributed by atoms with E-state index in [0.717, 1.165) is 12.1 Å². The second kappa shape index (κ2) is 9.01. The number of aromatic nitrogens is 1. The van der Waals surface area contributed by atoms with E-state index in [4.69, 9.17) is 20.6 Å². The first-order valence-electron chi connectivity index (χ1n) is 16.0. The molecule has 6 nitrogen and oxygen atoms in total. The monoisotopic (exact) mass is 479 g/mol. The Morgan fingerprint density at radius 2 is 2.06 bits per heavy atom. The normalized spacial score (nSPS) is 20.8. The number of hydrogen-bond acceptors (Lipinski definition) is 4. The SMILES string of the molecule is [2H]c1[nH]c2c([2H])c([2H])c([2H])c([2H])c2c1C([2H])([2H])[C@@]([2H])(NS(=O)(=O)c1ccc(C#Cc2c([2H])c([2H])c(C([2H])([2H])[2H])c([2H])c2[2H])s1)C(=O)O. The lowest BCUT2D eigenvalue weighted by atomic mass is 10.1. The zero-order valence-corrected chi connectivity index (χ0v) is 17.3. The topological polar surface area (TPSA) is 99.3 Å². The summed E-state index contributed by atoms with van der Waals surface area (Å²) in [7, 11) is -5.08. The molecule has 0 unspecified atom stereocenters. The molecule has 0 saturated carbocycles. The highest BCUT2D eigenvalue weighted by Crippen LogP contribution is 2.23. The molecule has 2 heterocycles. The van der Waals surface area contributed by atoms with Crippen LogP contribution in [0.2, 0.25) is 0 Å². The zero-order chi connectivity index (χ0) is 35.8. The van der Waals surface area contributed by atoms with Crippen molar-refractivity contribution in [3.8, 4) is 11.8 Å². The van der Waals surface area contributed by atoms with Gasteiger partial charge in [0.15, 0.2) is 0 Å². The first kappa shape index (κ1) is 10.0. The fourth-order valence-electron chi connectivity index (χ4n) is 2.34. The van der Waals surface area contributed by atoms with Crippen molar-refractivity contribution in [1.82, 2.24) is 9.71 Å². The number of carboxylic acids is 1. The summed E-state index contributed by atoms with van der Waals surface area (Å²) in [6, 6.07) is -8.15. The predicted octanol–water partition coefficient (Wildman–Crippen LogP) is 3.91. The average Bonchev–Trinajstić information content (AvgIpc) is 3.58. The summed E-state index contributed by atoms with van der Waals surface area (Å²) in [5.74, 6) is 2.41. The van der Waals surface area contributed by atoms with Gasteiger partial charge in [-0.25, -0.2) is 8.42 Å². The molecule has 0 amide bonds.